The molecule has 0 bridgehead atoms. The molecule has 3 aromatic rings. The van der Waals surface area contributed by atoms with Crippen LogP contribution in [-0.4, -0.2) is 0 Å². The fourth-order valence-corrected chi connectivity index (χ4v) is 1.92. The molecule has 4 nitrogen and oxygen atoms in total. The van der Waals surface area contributed by atoms with Crippen molar-refractivity contribution in [2.75, 3.05) is 0 Å². The molecule has 126 valence electrons. The number of azo groups is 2. The van der Waals surface area contributed by atoms with Crippen LogP contribution in [0.2, 0.25) is 0 Å². The van der Waals surface area contributed by atoms with E-state index in [0.717, 1.165) is 22.7 Å². The molecule has 0 aromatic heterocycles. The molecule has 0 heterocycles. The van der Waals surface area contributed by atoms with Crippen molar-refractivity contribution in [2.24, 2.45) is 20.5 Å². The summed E-state index contributed by atoms with van der Waals surface area (Å²) >= 11 is 0. The summed E-state index contributed by atoms with van der Waals surface area (Å²) in [5.41, 5.74) is 4.43. The molecule has 4 heteroatoms. The highest BCUT2D eigenvalue weighted by Gasteiger charge is 1.93. The van der Waals surface area contributed by atoms with Crippen molar-refractivity contribution in [1.82, 2.24) is 0 Å². The van der Waals surface area contributed by atoms with E-state index >= 15 is 0 Å². The first-order valence-corrected chi connectivity index (χ1v) is 8.35. The molecule has 0 atom stereocenters. The summed E-state index contributed by atoms with van der Waals surface area (Å²) in [4.78, 5) is 0. The molecule has 0 aliphatic heterocycles. The van der Waals surface area contributed by atoms with Crippen LogP contribution in [0, 0.1) is 6.92 Å². The zero-order valence-corrected chi connectivity index (χ0v) is 14.8. The van der Waals surface area contributed by atoms with E-state index in [1.165, 1.54) is 5.56 Å². The Bertz CT molecular complexity index is 805. The van der Waals surface area contributed by atoms with Crippen LogP contribution < -0.4 is 0 Å². The van der Waals surface area contributed by atoms with Gasteiger partial charge in [0.15, 0.2) is 0 Å². The van der Waals surface area contributed by atoms with Gasteiger partial charge >= 0.3 is 0 Å². The molecular formula is C21H22N4. The highest BCUT2D eigenvalue weighted by molar-refractivity contribution is 5.48. The van der Waals surface area contributed by atoms with Crippen molar-refractivity contribution in [3.8, 4) is 0 Å². The summed E-state index contributed by atoms with van der Waals surface area (Å²) in [6, 6.07) is 25.0. The van der Waals surface area contributed by atoms with Crippen molar-refractivity contribution in [1.29, 1.82) is 0 Å². The molecule has 0 aliphatic rings. The lowest BCUT2D eigenvalue weighted by Gasteiger charge is -1.96. The zero-order valence-electron chi connectivity index (χ0n) is 14.8. The molecule has 0 saturated heterocycles. The number of benzene rings is 3. The summed E-state index contributed by atoms with van der Waals surface area (Å²) in [5, 5.41) is 16.8. The maximum Gasteiger partial charge on any atom is 0.0858 e. The highest BCUT2D eigenvalue weighted by atomic mass is 15.1. The summed E-state index contributed by atoms with van der Waals surface area (Å²) in [7, 11) is 0. The van der Waals surface area contributed by atoms with Crippen molar-refractivity contribution >= 4 is 22.7 Å². The van der Waals surface area contributed by atoms with E-state index in [1.807, 2.05) is 99.6 Å². The van der Waals surface area contributed by atoms with Gasteiger partial charge < -0.3 is 0 Å². The Kier molecular flexibility index (Phi) is 7.19. The molecule has 3 aromatic carbocycles. The third kappa shape index (κ3) is 6.11. The Hall–Kier alpha value is -3.14. The number of rotatable bonds is 4. The first-order valence-electron chi connectivity index (χ1n) is 8.35. The molecule has 25 heavy (non-hydrogen) atoms. The summed E-state index contributed by atoms with van der Waals surface area (Å²) in [6.07, 6.45) is 0. The predicted molar refractivity (Wildman–Crippen MR) is 104 cm³/mol. The van der Waals surface area contributed by atoms with Crippen molar-refractivity contribution in [2.45, 2.75) is 20.8 Å². The van der Waals surface area contributed by atoms with Crippen molar-refractivity contribution in [3.05, 3.63) is 84.4 Å². The van der Waals surface area contributed by atoms with Crippen molar-refractivity contribution < 1.29 is 0 Å². The van der Waals surface area contributed by atoms with Crippen molar-refractivity contribution in [3.63, 3.8) is 0 Å². The van der Waals surface area contributed by atoms with E-state index in [1.54, 1.807) is 0 Å². The van der Waals surface area contributed by atoms with E-state index in [2.05, 4.69) is 20.5 Å². The van der Waals surface area contributed by atoms with Crippen LogP contribution in [0.4, 0.5) is 22.7 Å². The van der Waals surface area contributed by atoms with Gasteiger partial charge in [-0.25, -0.2) is 0 Å². The van der Waals surface area contributed by atoms with Crippen LogP contribution in [0.25, 0.3) is 0 Å². The molecule has 0 fully saturated rings. The lowest BCUT2D eigenvalue weighted by atomic mass is 10.2. The molecule has 0 amide bonds. The fourth-order valence-electron chi connectivity index (χ4n) is 1.92. The molecule has 0 unspecified atom stereocenters. The van der Waals surface area contributed by atoms with Gasteiger partial charge in [-0.2, -0.15) is 20.5 Å². The molecule has 3 rings (SSSR count). The van der Waals surface area contributed by atoms with E-state index in [9.17, 15) is 0 Å². The molecule has 0 N–H and O–H groups in total. The maximum absolute atomic E-state index is 4.22. The molecule has 0 saturated carbocycles. The largest absolute Gasteiger partial charge is 0.151 e. The second-order valence-electron chi connectivity index (χ2n) is 5.09. The summed E-state index contributed by atoms with van der Waals surface area (Å²) in [5.74, 6) is 0. The van der Waals surface area contributed by atoms with E-state index < -0.39 is 0 Å². The number of nitrogens with zero attached hydrogens (tertiary/aromatic N) is 4. The normalized spacial score (nSPS) is 10.7. The first kappa shape index (κ1) is 18.2. The summed E-state index contributed by atoms with van der Waals surface area (Å²) < 4.78 is 0. The van der Waals surface area contributed by atoms with Crippen LogP contribution in [-0.2, 0) is 0 Å². The Balaban J connectivity index is 0.00000109. The van der Waals surface area contributed by atoms with Gasteiger partial charge in [-0.15, -0.1) is 0 Å². The minimum absolute atomic E-state index is 0.781. The molecule has 0 spiro atoms. The van der Waals surface area contributed by atoms with Gasteiger partial charge in [0.25, 0.3) is 0 Å². The zero-order chi connectivity index (χ0) is 17.9. The average molecular weight is 330 g/mol. The smallest absolute Gasteiger partial charge is 0.0858 e. The van der Waals surface area contributed by atoms with E-state index in [-0.39, 0.29) is 0 Å². The van der Waals surface area contributed by atoms with Gasteiger partial charge in [0, 0.05) is 0 Å². The number of hydrogen-bond acceptors (Lipinski definition) is 4. The van der Waals surface area contributed by atoms with Crippen LogP contribution in [0.5, 0.6) is 0 Å². The lowest BCUT2D eigenvalue weighted by Crippen LogP contribution is -1.68. The van der Waals surface area contributed by atoms with Gasteiger partial charge in [0.1, 0.15) is 0 Å². The third-order valence-electron chi connectivity index (χ3n) is 3.20. The first-order chi connectivity index (χ1) is 12.3. The topological polar surface area (TPSA) is 49.4 Å². The molecular weight excluding hydrogens is 308 g/mol. The minimum atomic E-state index is 0.781. The lowest BCUT2D eigenvalue weighted by molar-refractivity contribution is 1.21. The van der Waals surface area contributed by atoms with Crippen LogP contribution in [0.1, 0.15) is 19.4 Å². The second kappa shape index (κ2) is 9.88. The summed E-state index contributed by atoms with van der Waals surface area (Å²) in [6.45, 7) is 6.05. The van der Waals surface area contributed by atoms with E-state index in [0.29, 0.717) is 0 Å². The Morgan fingerprint density at radius 1 is 0.440 bits per heavy atom. The maximum atomic E-state index is 4.22. The third-order valence-corrected chi connectivity index (χ3v) is 3.20. The van der Waals surface area contributed by atoms with Gasteiger partial charge in [-0.1, -0.05) is 49.7 Å². The monoisotopic (exact) mass is 330 g/mol. The Morgan fingerprint density at radius 2 is 0.760 bits per heavy atom. The van der Waals surface area contributed by atoms with Crippen LogP contribution in [0.15, 0.2) is 99.3 Å². The van der Waals surface area contributed by atoms with Gasteiger partial charge in [-0.3, -0.25) is 0 Å². The Labute approximate surface area is 149 Å². The molecule has 0 aliphatic carbocycles. The van der Waals surface area contributed by atoms with Gasteiger partial charge in [0.2, 0.25) is 0 Å². The molecule has 0 radical (unpaired) electrons. The second-order valence-corrected chi connectivity index (χ2v) is 5.09. The fraction of sp³-hybridized carbons (Fsp3) is 0.143. The Morgan fingerprint density at radius 3 is 1.16 bits per heavy atom. The van der Waals surface area contributed by atoms with Crippen LogP contribution >= 0.6 is 0 Å². The SMILES string of the molecule is CC.Cc1ccc(N=Nc2ccc(N=Nc3ccccc3)cc2)cc1. The quantitative estimate of drug-likeness (QED) is 0.437. The minimum Gasteiger partial charge on any atom is -0.151 e. The van der Waals surface area contributed by atoms with Crippen LogP contribution in [0.3, 0.4) is 0 Å². The standard InChI is InChI=1S/C19H16N4.C2H6/c1-15-7-9-17(10-8-15)21-23-19-13-11-18(12-14-19)22-20-16-5-3-2-4-6-16;1-2/h2-14H,1H3;1-2H3. The van der Waals surface area contributed by atoms with Gasteiger partial charge in [-0.05, 0) is 55.5 Å². The van der Waals surface area contributed by atoms with Gasteiger partial charge in [0.05, 0.1) is 22.7 Å². The number of aryl methyl sites for hydroxylation is 1. The highest BCUT2D eigenvalue weighted by Crippen LogP contribution is 2.23. The average Bonchev–Trinajstić information content (AvgIpc) is 2.69. The predicted octanol–water partition coefficient (Wildman–Crippen LogP) is 7.85. The number of hydrogen-bond donors (Lipinski definition) is 0. The van der Waals surface area contributed by atoms with E-state index in [4.69, 9.17) is 0 Å².